The minimum atomic E-state index is 0.341. The number of aromatic nitrogens is 1. The van der Waals surface area contributed by atoms with Crippen molar-refractivity contribution in [3.05, 3.63) is 35.5 Å². The Morgan fingerprint density at radius 3 is 3.00 bits per heavy atom. The second-order valence-corrected chi connectivity index (χ2v) is 3.19. The van der Waals surface area contributed by atoms with E-state index in [2.05, 4.69) is 6.07 Å². The maximum absolute atomic E-state index is 8.57. The van der Waals surface area contributed by atoms with Crippen molar-refractivity contribution >= 4 is 22.5 Å². The zero-order chi connectivity index (χ0) is 9.26. The summed E-state index contributed by atoms with van der Waals surface area (Å²) in [6.07, 6.45) is 1.87. The van der Waals surface area contributed by atoms with E-state index in [0.717, 1.165) is 10.9 Å². The molecule has 0 fully saturated rings. The number of fused-ring (bicyclic) bond motifs is 1. The van der Waals surface area contributed by atoms with Crippen LogP contribution in [0.25, 0.3) is 10.9 Å². The molecule has 0 bridgehead atoms. The van der Waals surface area contributed by atoms with Gasteiger partial charge in [-0.25, -0.2) is 0 Å². The van der Waals surface area contributed by atoms with Crippen LogP contribution in [0.4, 0.5) is 0 Å². The fourth-order valence-corrected chi connectivity index (χ4v) is 1.71. The first-order valence-electron chi connectivity index (χ1n) is 3.93. The standard InChI is InChI=1S/C10H7ClN2/c11-9-3-1-2-8-4-6-13(7-5-12)10(8)9/h1-4,6H,7H2. The van der Waals surface area contributed by atoms with Crippen LogP contribution in [0.15, 0.2) is 30.5 Å². The van der Waals surface area contributed by atoms with E-state index in [0.29, 0.717) is 11.6 Å². The Balaban J connectivity index is 2.73. The zero-order valence-electron chi connectivity index (χ0n) is 6.87. The van der Waals surface area contributed by atoms with Crippen molar-refractivity contribution < 1.29 is 0 Å². The first-order chi connectivity index (χ1) is 6.33. The molecule has 1 heterocycles. The van der Waals surface area contributed by atoms with Crippen LogP contribution in [-0.2, 0) is 6.54 Å². The van der Waals surface area contributed by atoms with Crippen LogP contribution in [0.1, 0.15) is 0 Å². The third kappa shape index (κ3) is 1.28. The highest BCUT2D eigenvalue weighted by Gasteiger charge is 2.03. The van der Waals surface area contributed by atoms with Crippen LogP contribution in [0.5, 0.6) is 0 Å². The predicted molar refractivity (Wildman–Crippen MR) is 52.6 cm³/mol. The number of nitriles is 1. The van der Waals surface area contributed by atoms with E-state index in [1.165, 1.54) is 0 Å². The zero-order valence-corrected chi connectivity index (χ0v) is 7.62. The second-order valence-electron chi connectivity index (χ2n) is 2.78. The van der Waals surface area contributed by atoms with Gasteiger partial charge < -0.3 is 4.57 Å². The maximum Gasteiger partial charge on any atom is 0.110 e. The van der Waals surface area contributed by atoms with E-state index >= 15 is 0 Å². The van der Waals surface area contributed by atoms with E-state index in [9.17, 15) is 0 Å². The highest BCUT2D eigenvalue weighted by atomic mass is 35.5. The van der Waals surface area contributed by atoms with Crippen LogP contribution in [0.3, 0.4) is 0 Å². The number of hydrogen-bond acceptors (Lipinski definition) is 1. The normalized spacial score (nSPS) is 10.2. The minimum absolute atomic E-state index is 0.341. The lowest BCUT2D eigenvalue weighted by Gasteiger charge is -2.00. The summed E-state index contributed by atoms with van der Waals surface area (Å²) in [6, 6.07) is 9.77. The first-order valence-corrected chi connectivity index (χ1v) is 4.31. The van der Waals surface area contributed by atoms with Gasteiger partial charge in [0.2, 0.25) is 0 Å². The number of benzene rings is 1. The van der Waals surface area contributed by atoms with Crippen molar-refractivity contribution in [2.24, 2.45) is 0 Å². The summed E-state index contributed by atoms with van der Waals surface area (Å²) in [6.45, 7) is 0.341. The number of halogens is 1. The topological polar surface area (TPSA) is 28.7 Å². The van der Waals surface area contributed by atoms with Crippen LogP contribution in [0.2, 0.25) is 5.02 Å². The van der Waals surface area contributed by atoms with Gasteiger partial charge in [0.25, 0.3) is 0 Å². The van der Waals surface area contributed by atoms with Gasteiger partial charge in [-0.2, -0.15) is 5.26 Å². The van der Waals surface area contributed by atoms with Crippen molar-refractivity contribution in [3.8, 4) is 6.07 Å². The van der Waals surface area contributed by atoms with Gasteiger partial charge in [-0.3, -0.25) is 0 Å². The molecule has 0 saturated carbocycles. The quantitative estimate of drug-likeness (QED) is 0.680. The highest BCUT2D eigenvalue weighted by molar-refractivity contribution is 6.35. The molecule has 0 unspecified atom stereocenters. The van der Waals surface area contributed by atoms with E-state index < -0.39 is 0 Å². The van der Waals surface area contributed by atoms with E-state index in [4.69, 9.17) is 16.9 Å². The lowest BCUT2D eigenvalue weighted by Crippen LogP contribution is -1.92. The fraction of sp³-hybridized carbons (Fsp3) is 0.100. The Hall–Kier alpha value is -1.46. The van der Waals surface area contributed by atoms with Crippen LogP contribution in [0, 0.1) is 11.3 Å². The third-order valence-corrected chi connectivity index (χ3v) is 2.29. The Morgan fingerprint density at radius 1 is 1.38 bits per heavy atom. The molecule has 0 atom stereocenters. The number of para-hydroxylation sites is 1. The molecule has 2 aromatic rings. The largest absolute Gasteiger partial charge is 0.332 e. The van der Waals surface area contributed by atoms with Crippen molar-refractivity contribution in [2.75, 3.05) is 0 Å². The molecule has 0 spiro atoms. The SMILES string of the molecule is N#CCn1ccc2cccc(Cl)c21. The molecular formula is C10H7ClN2. The Labute approximate surface area is 81.0 Å². The van der Waals surface area contributed by atoms with Gasteiger partial charge in [-0.1, -0.05) is 23.7 Å². The summed E-state index contributed by atoms with van der Waals surface area (Å²) < 4.78 is 1.84. The smallest absolute Gasteiger partial charge is 0.110 e. The van der Waals surface area contributed by atoms with Crippen molar-refractivity contribution in [2.45, 2.75) is 6.54 Å². The molecular weight excluding hydrogens is 184 g/mol. The fourth-order valence-electron chi connectivity index (χ4n) is 1.42. The number of rotatable bonds is 1. The molecule has 0 aliphatic rings. The molecule has 13 heavy (non-hydrogen) atoms. The summed E-state index contributed by atoms with van der Waals surface area (Å²) in [5, 5.41) is 10.3. The van der Waals surface area contributed by atoms with Gasteiger partial charge in [-0.15, -0.1) is 0 Å². The molecule has 0 N–H and O–H groups in total. The minimum Gasteiger partial charge on any atom is -0.332 e. The first kappa shape index (κ1) is 8.15. The molecule has 0 aliphatic carbocycles. The monoisotopic (exact) mass is 190 g/mol. The number of hydrogen-bond donors (Lipinski definition) is 0. The van der Waals surface area contributed by atoms with E-state index in [-0.39, 0.29) is 0 Å². The van der Waals surface area contributed by atoms with Crippen molar-refractivity contribution in [1.82, 2.24) is 4.57 Å². The molecule has 0 saturated heterocycles. The molecule has 2 nitrogen and oxygen atoms in total. The van der Waals surface area contributed by atoms with Crippen LogP contribution in [-0.4, -0.2) is 4.57 Å². The second kappa shape index (κ2) is 3.12. The maximum atomic E-state index is 8.57. The molecule has 3 heteroatoms. The lowest BCUT2D eigenvalue weighted by atomic mass is 10.2. The molecule has 1 aromatic heterocycles. The molecule has 0 aliphatic heterocycles. The summed E-state index contributed by atoms with van der Waals surface area (Å²) in [5.41, 5.74) is 0.936. The summed E-state index contributed by atoms with van der Waals surface area (Å²) in [4.78, 5) is 0. The Morgan fingerprint density at radius 2 is 2.23 bits per heavy atom. The molecule has 1 aromatic carbocycles. The van der Waals surface area contributed by atoms with Gasteiger partial charge in [-0.05, 0) is 12.1 Å². The van der Waals surface area contributed by atoms with E-state index in [1.54, 1.807) is 0 Å². The lowest BCUT2D eigenvalue weighted by molar-refractivity contribution is 0.874. The average Bonchev–Trinajstić information content (AvgIpc) is 2.51. The van der Waals surface area contributed by atoms with Crippen molar-refractivity contribution in [1.29, 1.82) is 5.26 Å². The van der Waals surface area contributed by atoms with E-state index in [1.807, 2.05) is 35.0 Å². The van der Waals surface area contributed by atoms with Gasteiger partial charge in [0.05, 0.1) is 16.6 Å². The van der Waals surface area contributed by atoms with Gasteiger partial charge in [0, 0.05) is 11.6 Å². The molecule has 64 valence electrons. The van der Waals surface area contributed by atoms with Gasteiger partial charge >= 0.3 is 0 Å². The third-order valence-electron chi connectivity index (χ3n) is 1.98. The van der Waals surface area contributed by atoms with Crippen LogP contribution >= 0.6 is 11.6 Å². The summed E-state index contributed by atoms with van der Waals surface area (Å²) in [7, 11) is 0. The highest BCUT2D eigenvalue weighted by Crippen LogP contribution is 2.23. The number of nitrogens with zero attached hydrogens (tertiary/aromatic N) is 2. The summed E-state index contributed by atoms with van der Waals surface area (Å²) >= 11 is 6.01. The van der Waals surface area contributed by atoms with Crippen LogP contribution < -0.4 is 0 Å². The predicted octanol–water partition coefficient (Wildman–Crippen LogP) is 2.82. The average molecular weight is 191 g/mol. The van der Waals surface area contributed by atoms with Crippen molar-refractivity contribution in [3.63, 3.8) is 0 Å². The summed E-state index contributed by atoms with van der Waals surface area (Å²) in [5.74, 6) is 0. The van der Waals surface area contributed by atoms with Gasteiger partial charge in [0.1, 0.15) is 6.54 Å². The molecule has 2 rings (SSSR count). The Bertz CT molecular complexity index is 479. The van der Waals surface area contributed by atoms with Gasteiger partial charge in [0.15, 0.2) is 0 Å². The Kier molecular flexibility index (Phi) is 1.96. The molecule has 0 radical (unpaired) electrons. The molecule has 0 amide bonds.